The first-order valence-corrected chi connectivity index (χ1v) is 6.18. The lowest BCUT2D eigenvalue weighted by molar-refractivity contribution is 0.708. The van der Waals surface area contributed by atoms with E-state index in [0.717, 1.165) is 17.5 Å². The van der Waals surface area contributed by atoms with Crippen molar-refractivity contribution in [3.63, 3.8) is 0 Å². The Morgan fingerprint density at radius 1 is 1.40 bits per heavy atom. The summed E-state index contributed by atoms with van der Waals surface area (Å²) in [6.45, 7) is 4.56. The van der Waals surface area contributed by atoms with Gasteiger partial charge in [-0.3, -0.25) is 0 Å². The van der Waals surface area contributed by atoms with Crippen LogP contribution in [-0.2, 0) is 0 Å². The molecular weight excluding hydrogens is 206 g/mol. The van der Waals surface area contributed by atoms with Crippen molar-refractivity contribution in [3.8, 4) is 0 Å². The van der Waals surface area contributed by atoms with E-state index < -0.39 is 0 Å². The third-order valence-electron chi connectivity index (χ3n) is 2.84. The van der Waals surface area contributed by atoms with E-state index in [9.17, 15) is 0 Å². The molecule has 0 unspecified atom stereocenters. The SMILES string of the molecule is CCCN(CC1CC1)c1cccc(Cl)c1. The molecule has 1 nitrogen and oxygen atoms in total. The molecule has 0 aliphatic heterocycles. The minimum absolute atomic E-state index is 0.837. The van der Waals surface area contributed by atoms with Gasteiger partial charge in [-0.05, 0) is 43.4 Å². The quantitative estimate of drug-likeness (QED) is 0.730. The Labute approximate surface area is 97.0 Å². The van der Waals surface area contributed by atoms with Crippen LogP contribution in [0.25, 0.3) is 0 Å². The van der Waals surface area contributed by atoms with Crippen molar-refractivity contribution in [2.75, 3.05) is 18.0 Å². The van der Waals surface area contributed by atoms with Crippen LogP contribution in [0.2, 0.25) is 5.02 Å². The van der Waals surface area contributed by atoms with Crippen LogP contribution in [0, 0.1) is 5.92 Å². The molecule has 0 heterocycles. The van der Waals surface area contributed by atoms with Gasteiger partial charge in [0.1, 0.15) is 0 Å². The monoisotopic (exact) mass is 223 g/mol. The number of benzene rings is 1. The van der Waals surface area contributed by atoms with E-state index in [0.29, 0.717) is 0 Å². The van der Waals surface area contributed by atoms with E-state index in [1.54, 1.807) is 0 Å². The van der Waals surface area contributed by atoms with Gasteiger partial charge >= 0.3 is 0 Å². The van der Waals surface area contributed by atoms with E-state index in [4.69, 9.17) is 11.6 Å². The lowest BCUT2D eigenvalue weighted by Crippen LogP contribution is -2.26. The van der Waals surface area contributed by atoms with Gasteiger partial charge in [0.05, 0.1) is 0 Å². The molecule has 0 radical (unpaired) electrons. The fourth-order valence-corrected chi connectivity index (χ4v) is 2.07. The standard InChI is InChI=1S/C13H18ClN/c1-2-8-15(10-11-6-7-11)13-5-3-4-12(14)9-13/h3-5,9,11H,2,6-8,10H2,1H3. The van der Waals surface area contributed by atoms with Crippen molar-refractivity contribution in [1.29, 1.82) is 0 Å². The second-order valence-corrected chi connectivity index (χ2v) is 4.81. The Morgan fingerprint density at radius 2 is 2.20 bits per heavy atom. The molecule has 0 aromatic heterocycles. The molecule has 2 heteroatoms. The summed E-state index contributed by atoms with van der Waals surface area (Å²) in [5, 5.41) is 0.837. The van der Waals surface area contributed by atoms with Gasteiger partial charge < -0.3 is 4.90 Å². The van der Waals surface area contributed by atoms with Crippen molar-refractivity contribution in [3.05, 3.63) is 29.3 Å². The van der Waals surface area contributed by atoms with Crippen molar-refractivity contribution in [2.24, 2.45) is 5.92 Å². The van der Waals surface area contributed by atoms with Gasteiger partial charge in [0, 0.05) is 23.8 Å². The predicted octanol–water partition coefficient (Wildman–Crippen LogP) is 3.97. The second kappa shape index (κ2) is 4.89. The molecule has 15 heavy (non-hydrogen) atoms. The third-order valence-corrected chi connectivity index (χ3v) is 3.08. The number of rotatable bonds is 5. The fraction of sp³-hybridized carbons (Fsp3) is 0.538. The summed E-state index contributed by atoms with van der Waals surface area (Å²) in [6.07, 6.45) is 4.00. The molecule has 1 aliphatic carbocycles. The first-order chi connectivity index (χ1) is 7.29. The Bertz CT molecular complexity index is 320. The van der Waals surface area contributed by atoms with Crippen LogP contribution in [0.15, 0.2) is 24.3 Å². The van der Waals surface area contributed by atoms with E-state index in [1.165, 1.54) is 31.5 Å². The van der Waals surface area contributed by atoms with E-state index in [2.05, 4.69) is 24.0 Å². The first kappa shape index (κ1) is 10.8. The highest BCUT2D eigenvalue weighted by molar-refractivity contribution is 6.30. The normalized spacial score (nSPS) is 15.3. The van der Waals surface area contributed by atoms with Crippen LogP contribution in [-0.4, -0.2) is 13.1 Å². The Morgan fingerprint density at radius 3 is 2.80 bits per heavy atom. The zero-order chi connectivity index (χ0) is 10.7. The summed E-state index contributed by atoms with van der Waals surface area (Å²) >= 11 is 6.01. The third kappa shape index (κ3) is 3.13. The topological polar surface area (TPSA) is 3.24 Å². The fourth-order valence-electron chi connectivity index (χ4n) is 1.88. The van der Waals surface area contributed by atoms with Crippen molar-refractivity contribution in [2.45, 2.75) is 26.2 Å². The van der Waals surface area contributed by atoms with Gasteiger partial charge in [-0.15, -0.1) is 0 Å². The highest BCUT2D eigenvalue weighted by Gasteiger charge is 2.24. The van der Waals surface area contributed by atoms with Crippen LogP contribution in [0.4, 0.5) is 5.69 Å². The molecule has 82 valence electrons. The summed E-state index contributed by atoms with van der Waals surface area (Å²) < 4.78 is 0. The molecule has 1 aliphatic rings. The van der Waals surface area contributed by atoms with Crippen LogP contribution >= 0.6 is 11.6 Å². The van der Waals surface area contributed by atoms with Crippen molar-refractivity contribution >= 4 is 17.3 Å². The molecule has 0 N–H and O–H groups in total. The van der Waals surface area contributed by atoms with E-state index in [1.807, 2.05) is 12.1 Å². The summed E-state index contributed by atoms with van der Waals surface area (Å²) in [7, 11) is 0. The lowest BCUT2D eigenvalue weighted by Gasteiger charge is -2.24. The molecule has 0 bridgehead atoms. The molecule has 1 saturated carbocycles. The number of nitrogens with zero attached hydrogens (tertiary/aromatic N) is 1. The number of hydrogen-bond donors (Lipinski definition) is 0. The molecular formula is C13H18ClN. The molecule has 1 aromatic carbocycles. The van der Waals surface area contributed by atoms with Gasteiger partial charge in [0.25, 0.3) is 0 Å². The van der Waals surface area contributed by atoms with Crippen molar-refractivity contribution in [1.82, 2.24) is 0 Å². The summed E-state index contributed by atoms with van der Waals surface area (Å²) in [5.41, 5.74) is 1.27. The lowest BCUT2D eigenvalue weighted by atomic mass is 10.2. The first-order valence-electron chi connectivity index (χ1n) is 5.80. The van der Waals surface area contributed by atoms with Crippen molar-refractivity contribution < 1.29 is 0 Å². The molecule has 0 saturated heterocycles. The molecule has 1 aromatic rings. The molecule has 1 fully saturated rings. The van der Waals surface area contributed by atoms with Crippen LogP contribution in [0.3, 0.4) is 0 Å². The average Bonchev–Trinajstić information content (AvgIpc) is 3.01. The maximum Gasteiger partial charge on any atom is 0.0426 e. The van der Waals surface area contributed by atoms with Gasteiger partial charge in [-0.1, -0.05) is 24.6 Å². The maximum absolute atomic E-state index is 6.01. The van der Waals surface area contributed by atoms with Crippen LogP contribution in [0.5, 0.6) is 0 Å². The predicted molar refractivity (Wildman–Crippen MR) is 66.7 cm³/mol. The smallest absolute Gasteiger partial charge is 0.0426 e. The largest absolute Gasteiger partial charge is 0.371 e. The number of halogens is 1. The van der Waals surface area contributed by atoms with Gasteiger partial charge in [-0.25, -0.2) is 0 Å². The summed E-state index contributed by atoms with van der Waals surface area (Å²) in [4.78, 5) is 2.46. The van der Waals surface area contributed by atoms with Gasteiger partial charge in [-0.2, -0.15) is 0 Å². The van der Waals surface area contributed by atoms with Gasteiger partial charge in [0.2, 0.25) is 0 Å². The van der Waals surface area contributed by atoms with E-state index >= 15 is 0 Å². The molecule has 2 rings (SSSR count). The Kier molecular flexibility index (Phi) is 3.53. The zero-order valence-corrected chi connectivity index (χ0v) is 10.0. The number of anilines is 1. The van der Waals surface area contributed by atoms with Gasteiger partial charge in [0.15, 0.2) is 0 Å². The summed E-state index contributed by atoms with van der Waals surface area (Å²) in [5.74, 6) is 0.926. The minimum Gasteiger partial charge on any atom is -0.371 e. The second-order valence-electron chi connectivity index (χ2n) is 4.37. The van der Waals surface area contributed by atoms with E-state index in [-0.39, 0.29) is 0 Å². The average molecular weight is 224 g/mol. The Balaban J connectivity index is 2.07. The minimum atomic E-state index is 0.837. The van der Waals surface area contributed by atoms with Crippen LogP contribution in [0.1, 0.15) is 26.2 Å². The maximum atomic E-state index is 6.01. The number of hydrogen-bond acceptors (Lipinski definition) is 1. The Hall–Kier alpha value is -0.690. The van der Waals surface area contributed by atoms with Crippen LogP contribution < -0.4 is 4.90 Å². The zero-order valence-electron chi connectivity index (χ0n) is 9.25. The summed E-state index contributed by atoms with van der Waals surface area (Å²) in [6, 6.07) is 8.20. The highest BCUT2D eigenvalue weighted by Crippen LogP contribution is 2.32. The molecule has 0 spiro atoms. The molecule has 0 atom stereocenters. The highest BCUT2D eigenvalue weighted by atomic mass is 35.5. The molecule has 0 amide bonds.